The molecule has 0 radical (unpaired) electrons. The fourth-order valence-corrected chi connectivity index (χ4v) is 2.73. The smallest absolute Gasteiger partial charge is 0.326 e. The van der Waals surface area contributed by atoms with Gasteiger partial charge in [-0.1, -0.05) is 0 Å². The Morgan fingerprint density at radius 1 is 1.50 bits per heavy atom. The summed E-state index contributed by atoms with van der Waals surface area (Å²) in [5.74, 6) is -1.45. The Labute approximate surface area is 130 Å². The Bertz CT molecular complexity index is 481. The molecule has 20 heavy (non-hydrogen) atoms. The van der Waals surface area contributed by atoms with Gasteiger partial charge in [-0.15, -0.1) is 11.3 Å². The van der Waals surface area contributed by atoms with Crippen LogP contribution in [0, 0.1) is 0 Å². The lowest BCUT2D eigenvalue weighted by Crippen LogP contribution is -2.41. The molecule has 1 heterocycles. The molecule has 1 unspecified atom stereocenters. The number of halogens is 1. The maximum Gasteiger partial charge on any atom is 0.326 e. The van der Waals surface area contributed by atoms with Crippen LogP contribution in [0.4, 0.5) is 0 Å². The molecule has 7 heteroatoms. The van der Waals surface area contributed by atoms with Crippen molar-refractivity contribution in [1.29, 1.82) is 0 Å². The lowest BCUT2D eigenvalue weighted by Gasteiger charge is -2.21. The normalized spacial score (nSPS) is 13.0. The molecular weight excluding hydrogens is 346 g/mol. The van der Waals surface area contributed by atoms with E-state index in [2.05, 4.69) is 21.2 Å². The number of thiophene rings is 1. The van der Waals surface area contributed by atoms with Gasteiger partial charge in [0.2, 0.25) is 0 Å². The van der Waals surface area contributed by atoms with Crippen LogP contribution in [-0.4, -0.2) is 35.2 Å². The molecule has 1 aromatic heterocycles. The van der Waals surface area contributed by atoms with E-state index in [-0.39, 0.29) is 24.5 Å². The van der Waals surface area contributed by atoms with Gasteiger partial charge in [0.15, 0.2) is 0 Å². The minimum atomic E-state index is -1.06. The molecule has 0 aliphatic heterocycles. The van der Waals surface area contributed by atoms with E-state index in [1.165, 1.54) is 11.3 Å². The number of nitrogens with one attached hydrogen (secondary N) is 1. The molecule has 1 aromatic rings. The molecule has 0 aromatic carbocycles. The molecule has 0 aliphatic rings. The highest BCUT2D eigenvalue weighted by Gasteiger charge is 2.22. The summed E-state index contributed by atoms with van der Waals surface area (Å²) in [7, 11) is 0. The number of ether oxygens (including phenoxy) is 1. The fourth-order valence-electron chi connectivity index (χ4n) is 1.40. The van der Waals surface area contributed by atoms with Crippen molar-refractivity contribution in [3.63, 3.8) is 0 Å². The van der Waals surface area contributed by atoms with Gasteiger partial charge in [0.1, 0.15) is 6.04 Å². The number of rotatable bonds is 6. The van der Waals surface area contributed by atoms with Crippen molar-refractivity contribution in [2.45, 2.75) is 38.8 Å². The average molecular weight is 364 g/mol. The topological polar surface area (TPSA) is 75.6 Å². The second-order valence-electron chi connectivity index (χ2n) is 5.24. The minimum absolute atomic E-state index is 0.227. The molecule has 1 rings (SSSR count). The van der Waals surface area contributed by atoms with Crippen molar-refractivity contribution in [2.24, 2.45) is 0 Å². The molecule has 1 amide bonds. The largest absolute Gasteiger partial charge is 0.480 e. The van der Waals surface area contributed by atoms with Gasteiger partial charge in [0.25, 0.3) is 5.91 Å². The summed E-state index contributed by atoms with van der Waals surface area (Å²) in [6.07, 6.45) is 0.227. The number of carbonyl (C=O) groups excluding carboxylic acids is 1. The van der Waals surface area contributed by atoms with Gasteiger partial charge in [0.05, 0.1) is 10.5 Å². The second-order valence-corrected chi connectivity index (χ2v) is 7.07. The van der Waals surface area contributed by atoms with Gasteiger partial charge < -0.3 is 15.2 Å². The summed E-state index contributed by atoms with van der Waals surface area (Å²) < 4.78 is 6.28. The van der Waals surface area contributed by atoms with E-state index >= 15 is 0 Å². The Morgan fingerprint density at radius 3 is 2.60 bits per heavy atom. The van der Waals surface area contributed by atoms with Crippen LogP contribution in [0.25, 0.3) is 0 Å². The molecule has 0 aliphatic carbocycles. The third kappa shape index (κ3) is 6.02. The van der Waals surface area contributed by atoms with Gasteiger partial charge in [-0.25, -0.2) is 4.79 Å². The first-order valence-corrected chi connectivity index (χ1v) is 7.78. The Balaban J connectivity index is 2.55. The number of aliphatic carboxylic acids is 1. The van der Waals surface area contributed by atoms with Crippen LogP contribution in [0.1, 0.15) is 36.9 Å². The molecule has 0 spiro atoms. The van der Waals surface area contributed by atoms with Crippen LogP contribution in [0.5, 0.6) is 0 Å². The van der Waals surface area contributed by atoms with Crippen molar-refractivity contribution in [3.05, 3.63) is 20.8 Å². The zero-order chi connectivity index (χ0) is 15.3. The van der Waals surface area contributed by atoms with Crippen LogP contribution in [0.15, 0.2) is 15.9 Å². The molecule has 112 valence electrons. The van der Waals surface area contributed by atoms with E-state index in [4.69, 9.17) is 9.84 Å². The van der Waals surface area contributed by atoms with Crippen LogP contribution in [0.3, 0.4) is 0 Å². The third-order valence-corrected chi connectivity index (χ3v) is 4.03. The van der Waals surface area contributed by atoms with Crippen molar-refractivity contribution >= 4 is 39.1 Å². The molecule has 0 bridgehead atoms. The zero-order valence-corrected chi connectivity index (χ0v) is 14.0. The van der Waals surface area contributed by atoms with Gasteiger partial charge >= 0.3 is 5.97 Å². The first kappa shape index (κ1) is 17.1. The first-order chi connectivity index (χ1) is 9.19. The number of carboxylic acids is 1. The highest BCUT2D eigenvalue weighted by atomic mass is 79.9. The molecule has 1 atom stereocenters. The SMILES string of the molecule is CC(C)(C)OCCC(NC(=O)c1cc(Br)cs1)C(=O)O. The second kappa shape index (κ2) is 7.19. The Morgan fingerprint density at radius 2 is 2.15 bits per heavy atom. The van der Waals surface area contributed by atoms with Crippen LogP contribution in [0.2, 0.25) is 0 Å². The molecule has 0 saturated carbocycles. The maximum absolute atomic E-state index is 11.9. The van der Waals surface area contributed by atoms with E-state index in [0.29, 0.717) is 4.88 Å². The van der Waals surface area contributed by atoms with E-state index in [1.54, 1.807) is 11.4 Å². The van der Waals surface area contributed by atoms with Gasteiger partial charge in [-0.05, 0) is 42.8 Å². The van der Waals surface area contributed by atoms with E-state index in [0.717, 1.165) is 4.47 Å². The average Bonchev–Trinajstić information content (AvgIpc) is 2.72. The predicted molar refractivity (Wildman–Crippen MR) is 81.2 cm³/mol. The number of hydrogen-bond donors (Lipinski definition) is 2. The standard InChI is InChI=1S/C13H18BrNO4S/c1-13(2,3)19-5-4-9(12(17)18)15-11(16)10-6-8(14)7-20-10/h6-7,9H,4-5H2,1-3H3,(H,15,16)(H,17,18). The van der Waals surface area contributed by atoms with Crippen molar-refractivity contribution in [2.75, 3.05) is 6.61 Å². The van der Waals surface area contributed by atoms with Crippen molar-refractivity contribution in [3.8, 4) is 0 Å². The fraction of sp³-hybridized carbons (Fsp3) is 0.538. The third-order valence-electron chi connectivity index (χ3n) is 2.34. The summed E-state index contributed by atoms with van der Waals surface area (Å²) in [6, 6.07) is 0.704. The number of carboxylic acid groups (broad SMARTS) is 1. The monoisotopic (exact) mass is 363 g/mol. The highest BCUT2D eigenvalue weighted by Crippen LogP contribution is 2.19. The lowest BCUT2D eigenvalue weighted by atomic mass is 10.1. The molecular formula is C13H18BrNO4S. The summed E-state index contributed by atoms with van der Waals surface area (Å²) in [4.78, 5) is 23.5. The van der Waals surface area contributed by atoms with E-state index in [9.17, 15) is 9.59 Å². The summed E-state index contributed by atoms with van der Waals surface area (Å²) >= 11 is 4.51. The van der Waals surface area contributed by atoms with Crippen LogP contribution < -0.4 is 5.32 Å². The summed E-state index contributed by atoms with van der Waals surface area (Å²) in [6.45, 7) is 5.95. The number of carbonyl (C=O) groups is 2. The molecule has 2 N–H and O–H groups in total. The molecule has 5 nitrogen and oxygen atoms in total. The van der Waals surface area contributed by atoms with E-state index < -0.39 is 12.0 Å². The first-order valence-electron chi connectivity index (χ1n) is 6.11. The van der Waals surface area contributed by atoms with Crippen LogP contribution in [-0.2, 0) is 9.53 Å². The van der Waals surface area contributed by atoms with Crippen molar-refractivity contribution < 1.29 is 19.4 Å². The Kier molecular flexibility index (Phi) is 6.16. The summed E-state index contributed by atoms with van der Waals surface area (Å²) in [5.41, 5.74) is -0.328. The quantitative estimate of drug-likeness (QED) is 0.814. The van der Waals surface area contributed by atoms with Crippen LogP contribution >= 0.6 is 27.3 Å². The van der Waals surface area contributed by atoms with Gasteiger partial charge in [-0.2, -0.15) is 0 Å². The Hall–Kier alpha value is -0.920. The van der Waals surface area contributed by atoms with Gasteiger partial charge in [-0.3, -0.25) is 4.79 Å². The van der Waals surface area contributed by atoms with Crippen molar-refractivity contribution in [1.82, 2.24) is 5.32 Å². The number of hydrogen-bond acceptors (Lipinski definition) is 4. The zero-order valence-electron chi connectivity index (χ0n) is 11.6. The summed E-state index contributed by atoms with van der Waals surface area (Å²) in [5, 5.41) is 13.4. The van der Waals surface area contributed by atoms with Gasteiger partial charge in [0, 0.05) is 22.9 Å². The number of amides is 1. The highest BCUT2D eigenvalue weighted by molar-refractivity contribution is 9.10. The molecule has 0 fully saturated rings. The minimum Gasteiger partial charge on any atom is -0.480 e. The molecule has 0 saturated heterocycles. The lowest BCUT2D eigenvalue weighted by molar-refractivity contribution is -0.140. The predicted octanol–water partition coefficient (Wildman–Crippen LogP) is 2.90. The maximum atomic E-state index is 11.9. The van der Waals surface area contributed by atoms with E-state index in [1.807, 2.05) is 20.8 Å².